The summed E-state index contributed by atoms with van der Waals surface area (Å²) in [7, 11) is 1.50. The highest BCUT2D eigenvalue weighted by Gasteiger charge is 2.38. The monoisotopic (exact) mass is 615 g/mol. The van der Waals surface area contributed by atoms with Crippen LogP contribution in [0.25, 0.3) is 0 Å². The Morgan fingerprint density at radius 2 is 1.85 bits per heavy atom. The first-order chi connectivity index (χ1) is 19.5. The molecule has 2 aromatic rings. The molecule has 1 atom stereocenters. The maximum atomic E-state index is 13.8. The molecule has 2 aliphatic heterocycles. The third-order valence-corrected chi connectivity index (χ3v) is 8.05. The molecule has 8 nitrogen and oxygen atoms in total. The van der Waals surface area contributed by atoms with Gasteiger partial charge in [0.2, 0.25) is 5.91 Å². The molecule has 2 fully saturated rings. The van der Waals surface area contributed by atoms with E-state index in [4.69, 9.17) is 27.9 Å². The minimum absolute atomic E-state index is 0.0630. The summed E-state index contributed by atoms with van der Waals surface area (Å²) in [4.78, 5) is 31.6. The molecule has 2 saturated heterocycles. The number of nitrogens with zero attached hydrogens (tertiary/aromatic N) is 3. The molecule has 3 amide bonds. The molecule has 13 heteroatoms. The molecule has 2 aromatic carbocycles. The first-order valence-electron chi connectivity index (χ1n) is 13.5. The van der Waals surface area contributed by atoms with Gasteiger partial charge in [-0.25, -0.2) is 4.79 Å². The molecule has 0 spiro atoms. The second-order valence-corrected chi connectivity index (χ2v) is 10.8. The largest absolute Gasteiger partial charge is 0.418 e. The number of nitrogens with one attached hydrogen (secondary N) is 2. The van der Waals surface area contributed by atoms with Gasteiger partial charge in [-0.1, -0.05) is 36.2 Å². The van der Waals surface area contributed by atoms with Crippen molar-refractivity contribution in [3.8, 4) is 0 Å². The van der Waals surface area contributed by atoms with E-state index in [9.17, 15) is 22.8 Å². The summed E-state index contributed by atoms with van der Waals surface area (Å²) in [5.74, 6) is -0.197. The molecule has 1 unspecified atom stereocenters. The van der Waals surface area contributed by atoms with Crippen molar-refractivity contribution in [1.82, 2.24) is 15.1 Å². The van der Waals surface area contributed by atoms with Gasteiger partial charge in [-0.3, -0.25) is 4.79 Å². The normalized spacial score (nSPS) is 16.7. The predicted octanol–water partition coefficient (Wildman–Crippen LogP) is 4.92. The van der Waals surface area contributed by atoms with Gasteiger partial charge in [0.25, 0.3) is 0 Å². The van der Waals surface area contributed by atoms with Crippen LogP contribution >= 0.6 is 23.2 Å². The van der Waals surface area contributed by atoms with Crippen molar-refractivity contribution in [3.05, 3.63) is 57.1 Å². The van der Waals surface area contributed by atoms with Crippen molar-refractivity contribution >= 4 is 46.5 Å². The molecule has 0 aliphatic carbocycles. The Morgan fingerprint density at radius 3 is 2.44 bits per heavy atom. The Balaban J connectivity index is 1.53. The maximum Gasteiger partial charge on any atom is 0.418 e. The molecular weight excluding hydrogens is 582 g/mol. The second-order valence-electron chi connectivity index (χ2n) is 9.95. The molecule has 2 N–H and O–H groups in total. The van der Waals surface area contributed by atoms with Gasteiger partial charge in [-0.05, 0) is 41.8 Å². The van der Waals surface area contributed by atoms with E-state index in [0.717, 1.165) is 6.07 Å². The molecule has 4 rings (SSSR count). The van der Waals surface area contributed by atoms with E-state index >= 15 is 0 Å². The Labute approximate surface area is 247 Å². The van der Waals surface area contributed by atoms with Crippen molar-refractivity contribution < 1.29 is 27.5 Å². The molecule has 0 radical (unpaired) electrons. The minimum atomic E-state index is -4.51. The third-order valence-electron chi connectivity index (χ3n) is 7.47. The number of urea groups is 1. The van der Waals surface area contributed by atoms with Crippen molar-refractivity contribution in [3.63, 3.8) is 0 Å². The summed E-state index contributed by atoms with van der Waals surface area (Å²) in [6.45, 7) is 4.75. The molecule has 2 heterocycles. The van der Waals surface area contributed by atoms with Gasteiger partial charge >= 0.3 is 12.2 Å². The van der Waals surface area contributed by atoms with E-state index in [1.165, 1.54) is 18.1 Å². The van der Waals surface area contributed by atoms with Crippen LogP contribution in [0.15, 0.2) is 30.3 Å². The van der Waals surface area contributed by atoms with Gasteiger partial charge < -0.3 is 30.1 Å². The topological polar surface area (TPSA) is 77.2 Å². The van der Waals surface area contributed by atoms with Crippen LogP contribution in [-0.2, 0) is 28.5 Å². The summed E-state index contributed by atoms with van der Waals surface area (Å²) in [6.07, 6.45) is -3.88. The van der Waals surface area contributed by atoms with Gasteiger partial charge in [0.05, 0.1) is 17.9 Å². The number of benzene rings is 2. The number of methoxy groups -OCH3 is 1. The molecule has 0 saturated carbocycles. The zero-order chi connectivity index (χ0) is 29.7. The van der Waals surface area contributed by atoms with E-state index in [1.807, 2.05) is 11.8 Å². The fourth-order valence-electron chi connectivity index (χ4n) is 5.40. The summed E-state index contributed by atoms with van der Waals surface area (Å²) >= 11 is 12.4. The molecule has 2 aliphatic rings. The lowest BCUT2D eigenvalue weighted by Crippen LogP contribution is -2.56. The molecule has 224 valence electrons. The van der Waals surface area contributed by atoms with Gasteiger partial charge in [0.1, 0.15) is 6.04 Å². The van der Waals surface area contributed by atoms with E-state index in [-0.39, 0.29) is 37.2 Å². The Hall–Kier alpha value is -2.89. The van der Waals surface area contributed by atoms with Crippen LogP contribution in [0.4, 0.5) is 29.3 Å². The molecule has 0 bridgehead atoms. The lowest BCUT2D eigenvalue weighted by atomic mass is 10.00. The number of hydrogen-bond acceptors (Lipinski definition) is 5. The number of ether oxygens (including phenoxy) is 1. The first-order valence-corrected chi connectivity index (χ1v) is 14.3. The smallest absolute Gasteiger partial charge is 0.383 e. The molecule has 0 aromatic heterocycles. The van der Waals surface area contributed by atoms with E-state index in [2.05, 4.69) is 10.6 Å². The van der Waals surface area contributed by atoms with Gasteiger partial charge in [0.15, 0.2) is 0 Å². The number of anilines is 2. The number of piperazine rings is 1. The summed E-state index contributed by atoms with van der Waals surface area (Å²) in [5, 5.41) is 6.58. The SMILES string of the molecule is CCc1c(N2CCN(C(=O)C(Cc3ccc(Cl)cc3Cl)N3CCNC3=O)CC2)ccc(C(F)(F)F)c1NCCOC. The fourth-order valence-corrected chi connectivity index (χ4v) is 5.88. The average molecular weight is 617 g/mol. The zero-order valence-electron chi connectivity index (χ0n) is 23.0. The van der Waals surface area contributed by atoms with Crippen LogP contribution in [-0.4, -0.2) is 87.3 Å². The number of amides is 3. The van der Waals surface area contributed by atoms with Crippen LogP contribution in [0.1, 0.15) is 23.6 Å². The van der Waals surface area contributed by atoms with Gasteiger partial charge in [0, 0.05) is 75.1 Å². The number of alkyl halides is 3. The summed E-state index contributed by atoms with van der Waals surface area (Å²) in [5.41, 5.74) is 1.33. The highest BCUT2D eigenvalue weighted by molar-refractivity contribution is 6.35. The van der Waals surface area contributed by atoms with Gasteiger partial charge in [-0.2, -0.15) is 13.2 Å². The van der Waals surface area contributed by atoms with E-state index in [0.29, 0.717) is 72.5 Å². The highest BCUT2D eigenvalue weighted by Crippen LogP contribution is 2.41. The van der Waals surface area contributed by atoms with E-state index in [1.54, 1.807) is 23.1 Å². The lowest BCUT2D eigenvalue weighted by Gasteiger charge is -2.40. The molecule has 41 heavy (non-hydrogen) atoms. The quantitative estimate of drug-likeness (QED) is 0.371. The number of halogens is 5. The van der Waals surface area contributed by atoms with Crippen molar-refractivity contribution in [2.45, 2.75) is 32.0 Å². The Morgan fingerprint density at radius 1 is 1.12 bits per heavy atom. The van der Waals surface area contributed by atoms with Crippen LogP contribution in [0.5, 0.6) is 0 Å². The lowest BCUT2D eigenvalue weighted by molar-refractivity contribution is -0.137. The van der Waals surface area contributed by atoms with Crippen molar-refractivity contribution in [2.75, 3.05) is 69.7 Å². The minimum Gasteiger partial charge on any atom is -0.383 e. The highest BCUT2D eigenvalue weighted by atomic mass is 35.5. The van der Waals surface area contributed by atoms with Crippen LogP contribution in [0, 0.1) is 0 Å². The second kappa shape index (κ2) is 13.4. The van der Waals surface area contributed by atoms with Crippen LogP contribution < -0.4 is 15.5 Å². The fraction of sp³-hybridized carbons (Fsp3) is 0.500. The first kappa shape index (κ1) is 31.1. The molecular formula is C28H34Cl2F3N5O3. The maximum absolute atomic E-state index is 13.8. The standard InChI is InChI=1S/C28H34Cl2F3N5O3/c1-3-20-23(7-6-21(28(31,32)33)25(20)34-9-15-41-2)36-11-13-37(14-12-36)26(39)24(38-10-8-35-27(38)40)16-18-4-5-19(29)17-22(18)30/h4-7,17,24,34H,3,8-16H2,1-2H3,(H,35,40). The Kier molecular flexibility index (Phi) is 10.1. The Bertz CT molecular complexity index is 1260. The number of carbonyl (C=O) groups is 2. The average Bonchev–Trinajstić information content (AvgIpc) is 3.37. The van der Waals surface area contributed by atoms with Crippen LogP contribution in [0.2, 0.25) is 10.0 Å². The summed E-state index contributed by atoms with van der Waals surface area (Å²) < 4.78 is 46.6. The zero-order valence-corrected chi connectivity index (χ0v) is 24.5. The summed E-state index contributed by atoms with van der Waals surface area (Å²) in [6, 6.07) is 6.62. The predicted molar refractivity (Wildman–Crippen MR) is 154 cm³/mol. The number of carbonyl (C=O) groups excluding carboxylic acids is 2. The van der Waals surface area contributed by atoms with Crippen LogP contribution in [0.3, 0.4) is 0 Å². The van der Waals surface area contributed by atoms with Gasteiger partial charge in [-0.15, -0.1) is 0 Å². The number of rotatable bonds is 10. The van der Waals surface area contributed by atoms with Crippen molar-refractivity contribution in [2.24, 2.45) is 0 Å². The third kappa shape index (κ3) is 7.13. The van der Waals surface area contributed by atoms with Crippen molar-refractivity contribution in [1.29, 1.82) is 0 Å². The van der Waals surface area contributed by atoms with E-state index < -0.39 is 17.8 Å². The number of hydrogen-bond donors (Lipinski definition) is 2.